The predicted molar refractivity (Wildman–Crippen MR) is 73.4 cm³/mol. The third kappa shape index (κ3) is 3.56. The molecule has 0 saturated carbocycles. The Balaban J connectivity index is 2.23. The molecule has 0 aromatic heterocycles. The number of amides is 1. The Kier molecular flexibility index (Phi) is 4.02. The second-order valence-electron chi connectivity index (χ2n) is 6.20. The third-order valence-corrected chi connectivity index (χ3v) is 3.69. The molecular weight excluding hydrogens is 281 g/mol. The molecule has 2 rings (SSSR count). The molecule has 3 nitrogen and oxygen atoms in total. The zero-order chi connectivity index (χ0) is 15.8. The van der Waals surface area contributed by atoms with Crippen molar-refractivity contribution in [3.63, 3.8) is 0 Å². The molecule has 21 heavy (non-hydrogen) atoms. The zero-order valence-electron chi connectivity index (χ0n) is 12.3. The van der Waals surface area contributed by atoms with Gasteiger partial charge in [0.05, 0.1) is 5.41 Å². The van der Waals surface area contributed by atoms with Gasteiger partial charge in [-0.15, -0.1) is 0 Å². The van der Waals surface area contributed by atoms with Crippen molar-refractivity contribution >= 4 is 5.91 Å². The molecule has 0 bridgehead atoms. The van der Waals surface area contributed by atoms with E-state index in [2.05, 4.69) is 5.43 Å². The second kappa shape index (κ2) is 5.33. The third-order valence-electron chi connectivity index (χ3n) is 3.69. The van der Waals surface area contributed by atoms with Gasteiger partial charge in [-0.25, -0.2) is 5.01 Å². The molecule has 1 amide bonds. The number of hydrogen-bond donors (Lipinski definition) is 1. The topological polar surface area (TPSA) is 32.3 Å². The largest absolute Gasteiger partial charge is 0.406 e. The van der Waals surface area contributed by atoms with Gasteiger partial charge in [-0.1, -0.05) is 29.8 Å². The van der Waals surface area contributed by atoms with Crippen molar-refractivity contribution in [1.29, 1.82) is 0 Å². The number of aryl methyl sites for hydroxylation is 1. The molecule has 1 N–H and O–H groups in total. The molecule has 1 atom stereocenters. The molecule has 6 heteroatoms. The number of hydrogen-bond acceptors (Lipinski definition) is 2. The Morgan fingerprint density at radius 3 is 2.52 bits per heavy atom. The quantitative estimate of drug-likeness (QED) is 0.931. The number of carbonyl (C=O) groups is 1. The van der Waals surface area contributed by atoms with E-state index >= 15 is 0 Å². The summed E-state index contributed by atoms with van der Waals surface area (Å²) in [5, 5.41) is 1.02. The number of benzene rings is 1. The number of nitrogens with one attached hydrogen (secondary N) is 1. The molecule has 0 aliphatic carbocycles. The first-order valence-electron chi connectivity index (χ1n) is 6.79. The minimum atomic E-state index is -4.41. The number of nitrogens with zero attached hydrogens (tertiary/aromatic N) is 1. The van der Waals surface area contributed by atoms with E-state index in [9.17, 15) is 18.0 Å². The minimum Gasteiger partial charge on any atom is -0.288 e. The molecule has 1 aliphatic rings. The van der Waals surface area contributed by atoms with Gasteiger partial charge in [-0.2, -0.15) is 13.2 Å². The van der Waals surface area contributed by atoms with Crippen molar-refractivity contribution in [1.82, 2.24) is 10.4 Å². The normalized spacial score (nSPS) is 20.4. The highest BCUT2D eigenvalue weighted by atomic mass is 19.4. The highest BCUT2D eigenvalue weighted by molar-refractivity contribution is 5.83. The van der Waals surface area contributed by atoms with Crippen molar-refractivity contribution in [2.45, 2.75) is 39.4 Å². The fourth-order valence-electron chi connectivity index (χ4n) is 2.47. The van der Waals surface area contributed by atoms with E-state index in [4.69, 9.17) is 0 Å². The Morgan fingerprint density at radius 1 is 1.38 bits per heavy atom. The summed E-state index contributed by atoms with van der Waals surface area (Å²) in [6.45, 7) is 5.17. The number of alkyl halides is 3. The van der Waals surface area contributed by atoms with Crippen LogP contribution in [0.3, 0.4) is 0 Å². The van der Waals surface area contributed by atoms with E-state index in [0.717, 1.165) is 10.6 Å². The van der Waals surface area contributed by atoms with Crippen LogP contribution in [-0.2, 0) is 11.2 Å². The second-order valence-corrected chi connectivity index (χ2v) is 6.20. The van der Waals surface area contributed by atoms with Crippen LogP contribution in [0, 0.1) is 12.3 Å². The van der Waals surface area contributed by atoms with Gasteiger partial charge in [0.1, 0.15) is 6.04 Å². The number of halogens is 3. The lowest BCUT2D eigenvalue weighted by molar-refractivity contribution is -0.188. The summed E-state index contributed by atoms with van der Waals surface area (Å²) in [4.78, 5) is 11.7. The van der Waals surface area contributed by atoms with E-state index in [1.54, 1.807) is 32.0 Å². The average molecular weight is 300 g/mol. The van der Waals surface area contributed by atoms with Gasteiger partial charge in [0.25, 0.3) is 0 Å². The Morgan fingerprint density at radius 2 is 2.05 bits per heavy atom. The van der Waals surface area contributed by atoms with Crippen LogP contribution in [0.25, 0.3) is 0 Å². The summed E-state index contributed by atoms with van der Waals surface area (Å²) in [6.07, 6.45) is -4.58. The Hall–Kier alpha value is -1.56. The number of carbonyl (C=O) groups excluding carboxylic acids is 1. The molecule has 1 heterocycles. The van der Waals surface area contributed by atoms with Crippen LogP contribution in [0.5, 0.6) is 0 Å². The Labute approximate surface area is 122 Å². The number of rotatable bonds is 3. The predicted octanol–water partition coefficient (Wildman–Crippen LogP) is 2.84. The van der Waals surface area contributed by atoms with Crippen molar-refractivity contribution in [3.05, 3.63) is 35.4 Å². The summed E-state index contributed by atoms with van der Waals surface area (Å²) >= 11 is 0. The van der Waals surface area contributed by atoms with Crippen molar-refractivity contribution in [3.8, 4) is 0 Å². The van der Waals surface area contributed by atoms with Gasteiger partial charge in [0.15, 0.2) is 0 Å². The minimum absolute atomic E-state index is 0.0435. The maximum Gasteiger partial charge on any atom is 0.406 e. The van der Waals surface area contributed by atoms with Gasteiger partial charge >= 0.3 is 6.18 Å². The average Bonchev–Trinajstić information content (AvgIpc) is 2.59. The summed E-state index contributed by atoms with van der Waals surface area (Å²) in [7, 11) is 0. The van der Waals surface area contributed by atoms with Crippen LogP contribution in [0.15, 0.2) is 24.3 Å². The van der Waals surface area contributed by atoms with E-state index in [-0.39, 0.29) is 18.9 Å². The monoisotopic (exact) mass is 300 g/mol. The molecule has 0 spiro atoms. The van der Waals surface area contributed by atoms with Gasteiger partial charge in [-0.3, -0.25) is 10.2 Å². The van der Waals surface area contributed by atoms with Gasteiger partial charge < -0.3 is 0 Å². The molecule has 0 radical (unpaired) electrons. The Bertz CT molecular complexity index is 540. The summed E-state index contributed by atoms with van der Waals surface area (Å²) in [6, 6.07) is 5.28. The summed E-state index contributed by atoms with van der Waals surface area (Å²) in [5.74, 6) is -0.374. The zero-order valence-corrected chi connectivity index (χ0v) is 12.3. The van der Waals surface area contributed by atoms with Crippen LogP contribution < -0.4 is 5.43 Å². The van der Waals surface area contributed by atoms with Crippen LogP contribution in [0.1, 0.15) is 25.0 Å². The van der Waals surface area contributed by atoms with Gasteiger partial charge in [0, 0.05) is 6.54 Å². The first kappa shape index (κ1) is 15.8. The molecule has 1 fully saturated rings. The molecule has 1 aliphatic heterocycles. The van der Waals surface area contributed by atoms with Crippen molar-refractivity contribution in [2.24, 2.45) is 5.41 Å². The van der Waals surface area contributed by atoms with Crippen molar-refractivity contribution in [2.75, 3.05) is 6.54 Å². The van der Waals surface area contributed by atoms with E-state index in [1.807, 2.05) is 13.0 Å². The van der Waals surface area contributed by atoms with E-state index < -0.39 is 17.6 Å². The first-order chi connectivity index (χ1) is 9.59. The highest BCUT2D eigenvalue weighted by Gasteiger charge is 2.50. The summed E-state index contributed by atoms with van der Waals surface area (Å²) < 4.78 is 40.0. The molecule has 1 aromatic rings. The molecule has 1 saturated heterocycles. The first-order valence-corrected chi connectivity index (χ1v) is 6.79. The standard InChI is InChI=1S/C15H19F3N2O/c1-10-5-4-6-11(7-10)8-12(15(16,17)18)20-9-14(2,3)13(21)19-20/h4-7,12H,8-9H2,1-3H3,(H,19,21)/t12-/m0/s1. The maximum atomic E-state index is 13.3. The van der Waals surface area contributed by atoms with Crippen LogP contribution in [0.4, 0.5) is 13.2 Å². The SMILES string of the molecule is Cc1cccc(C[C@H](N2CC(C)(C)C(=O)N2)C(F)(F)F)c1. The van der Waals surface area contributed by atoms with Crippen molar-refractivity contribution < 1.29 is 18.0 Å². The lowest BCUT2D eigenvalue weighted by Crippen LogP contribution is -2.51. The maximum absolute atomic E-state index is 13.3. The van der Waals surface area contributed by atoms with Gasteiger partial charge in [-0.05, 0) is 32.8 Å². The van der Waals surface area contributed by atoms with E-state index in [0.29, 0.717) is 5.56 Å². The fourth-order valence-corrected chi connectivity index (χ4v) is 2.47. The van der Waals surface area contributed by atoms with Crippen LogP contribution >= 0.6 is 0 Å². The van der Waals surface area contributed by atoms with E-state index in [1.165, 1.54) is 0 Å². The highest BCUT2D eigenvalue weighted by Crippen LogP contribution is 2.32. The fraction of sp³-hybridized carbons (Fsp3) is 0.533. The number of hydrazine groups is 1. The smallest absolute Gasteiger partial charge is 0.288 e. The molecule has 0 unspecified atom stereocenters. The molecular formula is C15H19F3N2O. The summed E-state index contributed by atoms with van der Waals surface area (Å²) in [5.41, 5.74) is 3.07. The van der Waals surface area contributed by atoms with Crippen LogP contribution in [0.2, 0.25) is 0 Å². The molecule has 116 valence electrons. The van der Waals surface area contributed by atoms with Gasteiger partial charge in [0.2, 0.25) is 5.91 Å². The lowest BCUT2D eigenvalue weighted by atomic mass is 9.93. The van der Waals surface area contributed by atoms with Crippen LogP contribution in [-0.4, -0.2) is 29.7 Å². The lowest BCUT2D eigenvalue weighted by Gasteiger charge is -2.29. The molecule has 1 aromatic carbocycles.